The molecule has 11 heavy (non-hydrogen) atoms. The molecule has 0 amide bonds. The molecule has 1 aromatic heterocycles. The van der Waals surface area contributed by atoms with E-state index in [-0.39, 0.29) is 0 Å². The van der Waals surface area contributed by atoms with Gasteiger partial charge in [-0.25, -0.2) is 0 Å². The third kappa shape index (κ3) is 2.31. The maximum Gasteiger partial charge on any atom is 0.0964 e. The first-order chi connectivity index (χ1) is 5.20. The van der Waals surface area contributed by atoms with Gasteiger partial charge >= 0.3 is 0 Å². The summed E-state index contributed by atoms with van der Waals surface area (Å²) in [6.45, 7) is 5.16. The maximum absolute atomic E-state index is 3.96. The topological polar surface area (TPSA) is 44.8 Å². The fraction of sp³-hybridized carbons (Fsp3) is 0.714. The van der Waals surface area contributed by atoms with E-state index in [1.54, 1.807) is 6.20 Å². The molecule has 0 spiro atoms. The summed E-state index contributed by atoms with van der Waals surface area (Å²) >= 11 is 0. The van der Waals surface area contributed by atoms with Crippen molar-refractivity contribution >= 4 is 0 Å². The van der Waals surface area contributed by atoms with Crippen LogP contribution in [0, 0.1) is 0 Å². The van der Waals surface area contributed by atoms with E-state index in [2.05, 4.69) is 41.2 Å². The molecule has 1 N–H and O–H groups in total. The smallest absolute Gasteiger partial charge is 0.0964 e. The van der Waals surface area contributed by atoms with Crippen LogP contribution < -0.4 is 0 Å². The Hall–Kier alpha value is -0.900. The van der Waals surface area contributed by atoms with Gasteiger partial charge in [-0.3, -0.25) is 4.90 Å². The van der Waals surface area contributed by atoms with Crippen molar-refractivity contribution < 1.29 is 0 Å². The predicted octanol–water partition coefficient (Wildman–Crippen LogP) is 0.645. The molecular weight excluding hydrogens is 140 g/mol. The van der Waals surface area contributed by atoms with Crippen LogP contribution in [0.3, 0.4) is 0 Å². The summed E-state index contributed by atoms with van der Waals surface area (Å²) in [5.74, 6) is 0. The Labute approximate surface area is 66.6 Å². The fourth-order valence-electron chi connectivity index (χ4n) is 0.740. The van der Waals surface area contributed by atoms with Gasteiger partial charge in [-0.2, -0.15) is 15.4 Å². The Morgan fingerprint density at radius 2 is 2.36 bits per heavy atom. The molecule has 0 aliphatic rings. The van der Waals surface area contributed by atoms with Crippen molar-refractivity contribution in [1.82, 2.24) is 20.3 Å². The molecule has 0 fully saturated rings. The van der Waals surface area contributed by atoms with Crippen molar-refractivity contribution in [3.8, 4) is 0 Å². The third-order valence-electron chi connectivity index (χ3n) is 1.76. The lowest BCUT2D eigenvalue weighted by atomic mass is 10.3. The summed E-state index contributed by atoms with van der Waals surface area (Å²) in [7, 11) is 2.07. The number of nitrogens with one attached hydrogen (secondary N) is 1. The normalized spacial score (nSPS) is 11.4. The number of H-pyrrole nitrogens is 1. The zero-order valence-electron chi connectivity index (χ0n) is 7.20. The molecule has 4 heteroatoms. The molecule has 62 valence electrons. The summed E-state index contributed by atoms with van der Waals surface area (Å²) in [4.78, 5) is 2.21. The van der Waals surface area contributed by atoms with Crippen molar-refractivity contribution in [3.63, 3.8) is 0 Å². The number of hydrogen-bond acceptors (Lipinski definition) is 3. The van der Waals surface area contributed by atoms with E-state index in [0.29, 0.717) is 6.04 Å². The number of aromatic amines is 1. The Kier molecular flexibility index (Phi) is 2.59. The van der Waals surface area contributed by atoms with E-state index in [4.69, 9.17) is 0 Å². The van der Waals surface area contributed by atoms with Crippen LogP contribution in [-0.2, 0) is 6.54 Å². The molecule has 4 nitrogen and oxygen atoms in total. The molecule has 0 radical (unpaired) electrons. The van der Waals surface area contributed by atoms with Crippen LogP contribution in [0.25, 0.3) is 0 Å². The standard InChI is InChI=1S/C7H14N4/c1-6(2)11(3)5-7-4-8-10-9-7/h4,6H,5H2,1-3H3,(H,8,9,10). The maximum atomic E-state index is 3.96. The lowest BCUT2D eigenvalue weighted by molar-refractivity contribution is 0.262. The molecule has 1 heterocycles. The second kappa shape index (κ2) is 3.48. The lowest BCUT2D eigenvalue weighted by Crippen LogP contribution is -2.25. The minimum absolute atomic E-state index is 0.548. The van der Waals surface area contributed by atoms with Gasteiger partial charge in [-0.05, 0) is 20.9 Å². The van der Waals surface area contributed by atoms with Crippen LogP contribution >= 0.6 is 0 Å². The molecule has 0 aliphatic carbocycles. The van der Waals surface area contributed by atoms with E-state index < -0.39 is 0 Å². The van der Waals surface area contributed by atoms with Gasteiger partial charge < -0.3 is 0 Å². The molecule has 1 rings (SSSR count). The monoisotopic (exact) mass is 154 g/mol. The van der Waals surface area contributed by atoms with Gasteiger partial charge in [0.1, 0.15) is 0 Å². The largest absolute Gasteiger partial charge is 0.298 e. The second-order valence-electron chi connectivity index (χ2n) is 2.97. The minimum atomic E-state index is 0.548. The molecule has 0 atom stereocenters. The molecule has 0 aromatic carbocycles. The summed E-state index contributed by atoms with van der Waals surface area (Å²) in [6.07, 6.45) is 1.75. The summed E-state index contributed by atoms with van der Waals surface area (Å²) in [5, 5.41) is 10.3. The van der Waals surface area contributed by atoms with Gasteiger partial charge in [0.05, 0.1) is 11.9 Å². The van der Waals surface area contributed by atoms with Crippen LogP contribution in [-0.4, -0.2) is 33.4 Å². The van der Waals surface area contributed by atoms with Gasteiger partial charge in [0.15, 0.2) is 0 Å². The lowest BCUT2D eigenvalue weighted by Gasteiger charge is -2.18. The molecule has 0 unspecified atom stereocenters. The Morgan fingerprint density at radius 1 is 1.64 bits per heavy atom. The number of nitrogens with zero attached hydrogens (tertiary/aromatic N) is 3. The van der Waals surface area contributed by atoms with Crippen molar-refractivity contribution in [2.45, 2.75) is 26.4 Å². The minimum Gasteiger partial charge on any atom is -0.298 e. The molecule has 0 saturated heterocycles. The van der Waals surface area contributed by atoms with Crippen LogP contribution in [0.4, 0.5) is 0 Å². The highest BCUT2D eigenvalue weighted by molar-refractivity contribution is 4.89. The SMILES string of the molecule is CC(C)N(C)Cc1cn[nH]n1. The zero-order chi connectivity index (χ0) is 8.27. The number of rotatable bonds is 3. The van der Waals surface area contributed by atoms with Crippen LogP contribution in [0.5, 0.6) is 0 Å². The van der Waals surface area contributed by atoms with Gasteiger partial charge in [0, 0.05) is 12.6 Å². The highest BCUT2D eigenvalue weighted by Gasteiger charge is 2.04. The average molecular weight is 154 g/mol. The number of hydrogen-bond donors (Lipinski definition) is 1. The van der Waals surface area contributed by atoms with Gasteiger partial charge in [0.25, 0.3) is 0 Å². The van der Waals surface area contributed by atoms with Crippen molar-refractivity contribution in [2.75, 3.05) is 7.05 Å². The Balaban J connectivity index is 2.43. The summed E-state index contributed by atoms with van der Waals surface area (Å²) in [6, 6.07) is 0.548. The summed E-state index contributed by atoms with van der Waals surface area (Å²) in [5.41, 5.74) is 0.987. The van der Waals surface area contributed by atoms with Gasteiger partial charge in [0.2, 0.25) is 0 Å². The van der Waals surface area contributed by atoms with E-state index >= 15 is 0 Å². The molecule has 0 saturated carbocycles. The average Bonchev–Trinajstić information content (AvgIpc) is 2.39. The molecular formula is C7H14N4. The second-order valence-corrected chi connectivity index (χ2v) is 2.97. The van der Waals surface area contributed by atoms with Crippen LogP contribution in [0.1, 0.15) is 19.5 Å². The highest BCUT2D eigenvalue weighted by Crippen LogP contribution is 1.99. The molecule has 1 aromatic rings. The first-order valence-electron chi connectivity index (χ1n) is 3.75. The van der Waals surface area contributed by atoms with Crippen LogP contribution in [0.15, 0.2) is 6.20 Å². The van der Waals surface area contributed by atoms with E-state index in [1.807, 2.05) is 0 Å². The first kappa shape index (κ1) is 8.20. The number of aromatic nitrogens is 3. The quantitative estimate of drug-likeness (QED) is 0.695. The fourth-order valence-corrected chi connectivity index (χ4v) is 0.740. The highest BCUT2D eigenvalue weighted by atomic mass is 15.3. The predicted molar refractivity (Wildman–Crippen MR) is 43.0 cm³/mol. The van der Waals surface area contributed by atoms with E-state index in [0.717, 1.165) is 12.2 Å². The van der Waals surface area contributed by atoms with Crippen LogP contribution in [0.2, 0.25) is 0 Å². The van der Waals surface area contributed by atoms with E-state index in [1.165, 1.54) is 0 Å². The van der Waals surface area contributed by atoms with Crippen molar-refractivity contribution in [2.24, 2.45) is 0 Å². The zero-order valence-corrected chi connectivity index (χ0v) is 7.20. The van der Waals surface area contributed by atoms with E-state index in [9.17, 15) is 0 Å². The summed E-state index contributed by atoms with van der Waals surface area (Å²) < 4.78 is 0. The van der Waals surface area contributed by atoms with Crippen molar-refractivity contribution in [3.05, 3.63) is 11.9 Å². The third-order valence-corrected chi connectivity index (χ3v) is 1.76. The van der Waals surface area contributed by atoms with Gasteiger partial charge in [-0.1, -0.05) is 0 Å². The molecule has 0 aliphatic heterocycles. The molecule has 0 bridgehead atoms. The van der Waals surface area contributed by atoms with Gasteiger partial charge in [-0.15, -0.1) is 0 Å². The Bertz CT molecular complexity index is 192. The van der Waals surface area contributed by atoms with Crippen molar-refractivity contribution in [1.29, 1.82) is 0 Å². The Morgan fingerprint density at radius 3 is 2.82 bits per heavy atom. The first-order valence-corrected chi connectivity index (χ1v) is 3.75.